The molecule has 0 bridgehead atoms. The standard InChI is InChI=1S/C11H18N2OS/c1-11(2,3)9(12)10(14)13-6-8-4-5-15-7-8/h4-5,7,9H,6,12H2,1-3H3,(H,13,14)/t9-/m1/s1. The van der Waals surface area contributed by atoms with E-state index >= 15 is 0 Å². The van der Waals surface area contributed by atoms with Crippen LogP contribution in [0.5, 0.6) is 0 Å². The first-order chi connectivity index (χ1) is 6.91. The Morgan fingerprint density at radius 3 is 2.73 bits per heavy atom. The van der Waals surface area contributed by atoms with Crippen molar-refractivity contribution < 1.29 is 4.79 Å². The lowest BCUT2D eigenvalue weighted by molar-refractivity contribution is -0.124. The second kappa shape index (κ2) is 4.77. The second-order valence-electron chi connectivity index (χ2n) is 4.69. The average molecular weight is 226 g/mol. The quantitative estimate of drug-likeness (QED) is 0.825. The molecule has 0 aromatic carbocycles. The first kappa shape index (κ1) is 12.2. The number of rotatable bonds is 3. The highest BCUT2D eigenvalue weighted by Crippen LogP contribution is 2.17. The van der Waals surface area contributed by atoms with Gasteiger partial charge in [-0.25, -0.2) is 0 Å². The van der Waals surface area contributed by atoms with E-state index in [1.54, 1.807) is 11.3 Å². The summed E-state index contributed by atoms with van der Waals surface area (Å²) in [5.74, 6) is -0.0892. The van der Waals surface area contributed by atoms with Gasteiger partial charge in [0.05, 0.1) is 6.04 Å². The molecule has 0 aliphatic rings. The van der Waals surface area contributed by atoms with Gasteiger partial charge in [-0.1, -0.05) is 20.8 Å². The van der Waals surface area contributed by atoms with E-state index in [1.165, 1.54) is 0 Å². The lowest BCUT2D eigenvalue weighted by Crippen LogP contribution is -2.48. The Hall–Kier alpha value is -0.870. The molecule has 4 heteroatoms. The summed E-state index contributed by atoms with van der Waals surface area (Å²) >= 11 is 1.62. The van der Waals surface area contributed by atoms with E-state index < -0.39 is 6.04 Å². The van der Waals surface area contributed by atoms with Crippen molar-refractivity contribution in [3.63, 3.8) is 0 Å². The van der Waals surface area contributed by atoms with Crippen LogP contribution in [-0.4, -0.2) is 11.9 Å². The van der Waals surface area contributed by atoms with E-state index in [2.05, 4.69) is 5.32 Å². The van der Waals surface area contributed by atoms with Crippen molar-refractivity contribution in [1.82, 2.24) is 5.32 Å². The zero-order valence-electron chi connectivity index (χ0n) is 9.41. The number of hydrogen-bond acceptors (Lipinski definition) is 3. The molecule has 3 nitrogen and oxygen atoms in total. The van der Waals surface area contributed by atoms with Gasteiger partial charge in [0.15, 0.2) is 0 Å². The van der Waals surface area contributed by atoms with Crippen LogP contribution in [0.25, 0.3) is 0 Å². The highest BCUT2D eigenvalue weighted by atomic mass is 32.1. The van der Waals surface area contributed by atoms with Gasteiger partial charge >= 0.3 is 0 Å². The van der Waals surface area contributed by atoms with Gasteiger partial charge in [-0.2, -0.15) is 11.3 Å². The molecule has 0 radical (unpaired) electrons. The van der Waals surface area contributed by atoms with E-state index in [4.69, 9.17) is 5.73 Å². The van der Waals surface area contributed by atoms with E-state index in [0.717, 1.165) is 5.56 Å². The molecule has 0 aliphatic carbocycles. The molecule has 0 unspecified atom stereocenters. The molecule has 0 aliphatic heterocycles. The Morgan fingerprint density at radius 2 is 2.27 bits per heavy atom. The summed E-state index contributed by atoms with van der Waals surface area (Å²) in [6.45, 7) is 6.44. The first-order valence-corrected chi connectivity index (χ1v) is 5.90. The Kier molecular flexibility index (Phi) is 3.88. The summed E-state index contributed by atoms with van der Waals surface area (Å²) in [5.41, 5.74) is 6.75. The Balaban J connectivity index is 2.43. The number of nitrogens with two attached hydrogens (primary N) is 1. The highest BCUT2D eigenvalue weighted by Gasteiger charge is 2.26. The zero-order valence-corrected chi connectivity index (χ0v) is 10.2. The SMILES string of the molecule is CC(C)(C)[C@H](N)C(=O)NCc1ccsc1. The van der Waals surface area contributed by atoms with Crippen molar-refractivity contribution in [3.8, 4) is 0 Å². The number of amides is 1. The topological polar surface area (TPSA) is 55.1 Å². The van der Waals surface area contributed by atoms with Gasteiger partial charge in [0.1, 0.15) is 0 Å². The van der Waals surface area contributed by atoms with Crippen LogP contribution < -0.4 is 11.1 Å². The van der Waals surface area contributed by atoms with Crippen LogP contribution in [0.2, 0.25) is 0 Å². The summed E-state index contributed by atoms with van der Waals surface area (Å²) in [6, 6.07) is 1.53. The normalized spacial score (nSPS) is 13.6. The van der Waals surface area contributed by atoms with Crippen molar-refractivity contribution in [2.75, 3.05) is 0 Å². The maximum atomic E-state index is 11.7. The van der Waals surface area contributed by atoms with Crippen molar-refractivity contribution in [1.29, 1.82) is 0 Å². The molecule has 0 saturated carbocycles. The fourth-order valence-corrected chi connectivity index (χ4v) is 1.75. The minimum atomic E-state index is -0.462. The summed E-state index contributed by atoms with van der Waals surface area (Å²) in [7, 11) is 0. The second-order valence-corrected chi connectivity index (χ2v) is 5.47. The highest BCUT2D eigenvalue weighted by molar-refractivity contribution is 7.07. The summed E-state index contributed by atoms with van der Waals surface area (Å²) in [6.07, 6.45) is 0. The monoisotopic (exact) mass is 226 g/mol. The molecule has 1 amide bonds. The summed E-state index contributed by atoms with van der Waals surface area (Å²) in [5, 5.41) is 6.84. The average Bonchev–Trinajstić information content (AvgIpc) is 2.63. The molecule has 1 rings (SSSR count). The van der Waals surface area contributed by atoms with Gasteiger partial charge in [-0.3, -0.25) is 4.79 Å². The van der Waals surface area contributed by atoms with Crippen molar-refractivity contribution >= 4 is 17.2 Å². The molecule has 1 aromatic heterocycles. The molecule has 3 N–H and O–H groups in total. The molecule has 0 spiro atoms. The van der Waals surface area contributed by atoms with Crippen molar-refractivity contribution in [2.24, 2.45) is 11.1 Å². The van der Waals surface area contributed by atoms with Gasteiger partial charge in [0.2, 0.25) is 5.91 Å². The minimum absolute atomic E-state index is 0.0892. The van der Waals surface area contributed by atoms with Gasteiger partial charge in [0, 0.05) is 6.54 Å². The van der Waals surface area contributed by atoms with Crippen LogP contribution >= 0.6 is 11.3 Å². The lowest BCUT2D eigenvalue weighted by Gasteiger charge is -2.25. The molecule has 1 heterocycles. The van der Waals surface area contributed by atoms with Gasteiger partial charge < -0.3 is 11.1 Å². The number of carbonyl (C=O) groups excluding carboxylic acids is 1. The van der Waals surface area contributed by atoms with Crippen LogP contribution in [-0.2, 0) is 11.3 Å². The first-order valence-electron chi connectivity index (χ1n) is 4.95. The third-order valence-electron chi connectivity index (χ3n) is 2.26. The molecular weight excluding hydrogens is 208 g/mol. The van der Waals surface area contributed by atoms with E-state index in [9.17, 15) is 4.79 Å². The summed E-state index contributed by atoms with van der Waals surface area (Å²) < 4.78 is 0. The number of hydrogen-bond donors (Lipinski definition) is 2. The van der Waals surface area contributed by atoms with Gasteiger partial charge in [0.25, 0.3) is 0 Å². The van der Waals surface area contributed by atoms with Crippen LogP contribution in [0.3, 0.4) is 0 Å². The lowest BCUT2D eigenvalue weighted by atomic mass is 9.87. The van der Waals surface area contributed by atoms with E-state index in [-0.39, 0.29) is 11.3 Å². The van der Waals surface area contributed by atoms with Crippen LogP contribution in [0.15, 0.2) is 16.8 Å². The molecule has 0 saturated heterocycles. The smallest absolute Gasteiger partial charge is 0.237 e. The maximum Gasteiger partial charge on any atom is 0.237 e. The van der Waals surface area contributed by atoms with Crippen LogP contribution in [0.4, 0.5) is 0 Å². The molecule has 0 fully saturated rings. The van der Waals surface area contributed by atoms with Crippen LogP contribution in [0.1, 0.15) is 26.3 Å². The largest absolute Gasteiger partial charge is 0.351 e. The third-order valence-corrected chi connectivity index (χ3v) is 2.99. The van der Waals surface area contributed by atoms with Gasteiger partial charge in [-0.15, -0.1) is 0 Å². The predicted octanol–water partition coefficient (Wildman–Crippen LogP) is 1.74. The molecular formula is C11H18N2OS. The maximum absolute atomic E-state index is 11.7. The fraction of sp³-hybridized carbons (Fsp3) is 0.545. The Labute approximate surface area is 94.7 Å². The third kappa shape index (κ3) is 3.64. The Morgan fingerprint density at radius 1 is 1.60 bits per heavy atom. The molecule has 84 valence electrons. The van der Waals surface area contributed by atoms with E-state index in [1.807, 2.05) is 37.6 Å². The molecule has 15 heavy (non-hydrogen) atoms. The van der Waals surface area contributed by atoms with Crippen molar-refractivity contribution in [2.45, 2.75) is 33.4 Å². The molecule has 1 atom stereocenters. The molecule has 1 aromatic rings. The van der Waals surface area contributed by atoms with Crippen molar-refractivity contribution in [3.05, 3.63) is 22.4 Å². The van der Waals surface area contributed by atoms with Crippen LogP contribution in [0, 0.1) is 5.41 Å². The predicted molar refractivity (Wildman–Crippen MR) is 63.6 cm³/mol. The number of thiophene rings is 1. The fourth-order valence-electron chi connectivity index (χ4n) is 1.09. The number of nitrogens with one attached hydrogen (secondary N) is 1. The number of carbonyl (C=O) groups is 1. The summed E-state index contributed by atoms with van der Waals surface area (Å²) in [4.78, 5) is 11.7. The van der Waals surface area contributed by atoms with Gasteiger partial charge in [-0.05, 0) is 27.8 Å². The minimum Gasteiger partial charge on any atom is -0.351 e. The Bertz CT molecular complexity index is 314. The van der Waals surface area contributed by atoms with E-state index in [0.29, 0.717) is 6.54 Å². The zero-order chi connectivity index (χ0) is 11.5.